The summed E-state index contributed by atoms with van der Waals surface area (Å²) in [5.74, 6) is -1.35. The summed E-state index contributed by atoms with van der Waals surface area (Å²) in [6.07, 6.45) is 4.31. The minimum absolute atomic E-state index is 0.00187. The maximum atomic E-state index is 12.5. The van der Waals surface area contributed by atoms with Gasteiger partial charge >= 0.3 is 6.09 Å². The van der Waals surface area contributed by atoms with Gasteiger partial charge in [0.25, 0.3) is 21.8 Å². The zero-order chi connectivity index (χ0) is 25.0. The fourth-order valence-corrected chi connectivity index (χ4v) is 3.72. The molecule has 1 heterocycles. The highest BCUT2D eigenvalue weighted by molar-refractivity contribution is 7.90. The molecule has 2 rings (SSSR count). The Balaban J connectivity index is 1.94. The molecule has 2 aromatic rings. The fourth-order valence-electron chi connectivity index (χ4n) is 2.75. The van der Waals surface area contributed by atoms with Gasteiger partial charge in [0, 0.05) is 30.9 Å². The number of benzene rings is 1. The third kappa shape index (κ3) is 8.45. The van der Waals surface area contributed by atoms with Crippen LogP contribution in [0.5, 0.6) is 5.88 Å². The maximum Gasteiger partial charge on any atom is 0.414 e. The Morgan fingerprint density at radius 2 is 1.62 bits per heavy atom. The number of aliphatic hydroxyl groups is 1. The van der Waals surface area contributed by atoms with Crippen LogP contribution in [-0.4, -0.2) is 56.1 Å². The number of carbonyl (C=O) groups excluding carboxylic acids is 3. The van der Waals surface area contributed by atoms with Gasteiger partial charge in [-0.1, -0.05) is 26.2 Å². The normalized spacial score (nSPS) is 10.9. The number of ether oxygens (including phenoxy) is 1. The van der Waals surface area contributed by atoms with Gasteiger partial charge in [-0.05, 0) is 36.8 Å². The topological polar surface area (TPSA) is 164 Å². The zero-order valence-electron chi connectivity index (χ0n) is 18.7. The summed E-state index contributed by atoms with van der Waals surface area (Å²) in [4.78, 5) is 39.5. The van der Waals surface area contributed by atoms with E-state index in [1.807, 2.05) is 4.72 Å². The van der Waals surface area contributed by atoms with Crippen molar-refractivity contribution in [1.82, 2.24) is 20.3 Å². The molecular formula is C22H28N4O7S. The number of rotatable bonds is 12. The van der Waals surface area contributed by atoms with Crippen molar-refractivity contribution >= 4 is 27.9 Å². The number of nitrogens with one attached hydrogen (secondary N) is 3. The van der Waals surface area contributed by atoms with Crippen molar-refractivity contribution in [3.8, 4) is 5.88 Å². The van der Waals surface area contributed by atoms with E-state index >= 15 is 0 Å². The smallest absolute Gasteiger partial charge is 0.395 e. The number of hydrogen-bond donors (Lipinski definition) is 4. The summed E-state index contributed by atoms with van der Waals surface area (Å²) in [5, 5.41) is 13.7. The molecule has 0 saturated heterocycles. The Morgan fingerprint density at radius 3 is 2.24 bits per heavy atom. The monoisotopic (exact) mass is 492 g/mol. The van der Waals surface area contributed by atoms with Gasteiger partial charge in [-0.15, -0.1) is 0 Å². The number of unbranched alkanes of at least 4 members (excludes halogenated alkanes) is 3. The van der Waals surface area contributed by atoms with E-state index in [1.165, 1.54) is 36.4 Å². The van der Waals surface area contributed by atoms with Gasteiger partial charge in [0.05, 0.1) is 17.1 Å². The summed E-state index contributed by atoms with van der Waals surface area (Å²) in [5.41, 5.74) is 0.231. The van der Waals surface area contributed by atoms with E-state index in [9.17, 15) is 22.8 Å². The van der Waals surface area contributed by atoms with Crippen LogP contribution < -0.4 is 20.1 Å². The van der Waals surface area contributed by atoms with E-state index in [-0.39, 0.29) is 35.4 Å². The first-order valence-corrected chi connectivity index (χ1v) is 12.2. The van der Waals surface area contributed by atoms with Crippen LogP contribution in [-0.2, 0) is 10.0 Å². The van der Waals surface area contributed by atoms with E-state index in [2.05, 4.69) is 22.5 Å². The molecule has 0 saturated carbocycles. The number of carbonyl (C=O) groups is 3. The van der Waals surface area contributed by atoms with Gasteiger partial charge in [0.2, 0.25) is 5.88 Å². The molecule has 0 aliphatic carbocycles. The molecule has 0 unspecified atom stereocenters. The van der Waals surface area contributed by atoms with Gasteiger partial charge in [0.15, 0.2) is 0 Å². The fraction of sp³-hybridized carbons (Fsp3) is 0.364. The van der Waals surface area contributed by atoms with Crippen LogP contribution in [0.15, 0.2) is 47.5 Å². The van der Waals surface area contributed by atoms with Gasteiger partial charge in [-0.25, -0.2) is 22.9 Å². The number of hydrogen-bond acceptors (Lipinski definition) is 8. The standard InChI is InChI=1S/C22H28N4O7S/c1-2-3-4-5-12-23-20(28)16-6-9-18(10-7-16)34(31,32)26-21(29)17-8-11-19(25-15-17)33-22(30)24-13-14-27/h6-11,15,27H,2-5,12-14H2,1H3,(H,23,28)(H,24,30)(H,26,29). The number of aliphatic hydroxyl groups excluding tert-OH is 1. The molecule has 0 atom stereocenters. The summed E-state index contributed by atoms with van der Waals surface area (Å²) in [7, 11) is -4.19. The lowest BCUT2D eigenvalue weighted by molar-refractivity contribution is 0.0950. The SMILES string of the molecule is CCCCCCNC(=O)c1ccc(S(=O)(=O)NC(=O)c2ccc(OC(=O)NCCO)nc2)cc1. The largest absolute Gasteiger partial charge is 0.414 e. The number of pyridine rings is 1. The molecular weight excluding hydrogens is 464 g/mol. The quantitative estimate of drug-likeness (QED) is 0.325. The lowest BCUT2D eigenvalue weighted by Crippen LogP contribution is -2.31. The average molecular weight is 493 g/mol. The van der Waals surface area contributed by atoms with E-state index < -0.39 is 22.0 Å². The molecule has 0 radical (unpaired) electrons. The van der Waals surface area contributed by atoms with Gasteiger partial charge in [-0.2, -0.15) is 0 Å². The highest BCUT2D eigenvalue weighted by Crippen LogP contribution is 2.13. The van der Waals surface area contributed by atoms with Crippen molar-refractivity contribution in [2.75, 3.05) is 19.7 Å². The summed E-state index contributed by atoms with van der Waals surface area (Å²) in [6.45, 7) is 2.39. The van der Waals surface area contributed by atoms with Gasteiger partial charge in [-0.3, -0.25) is 9.59 Å². The molecule has 184 valence electrons. The Labute approximate surface area is 198 Å². The second kappa shape index (κ2) is 13.3. The summed E-state index contributed by atoms with van der Waals surface area (Å²) in [6, 6.07) is 7.67. The summed E-state index contributed by atoms with van der Waals surface area (Å²) < 4.78 is 31.8. The predicted molar refractivity (Wildman–Crippen MR) is 123 cm³/mol. The third-order valence-corrected chi connectivity index (χ3v) is 5.89. The summed E-state index contributed by atoms with van der Waals surface area (Å²) >= 11 is 0. The minimum Gasteiger partial charge on any atom is -0.395 e. The van der Waals surface area contributed by atoms with Crippen molar-refractivity contribution in [1.29, 1.82) is 0 Å². The zero-order valence-corrected chi connectivity index (χ0v) is 19.6. The Bertz CT molecular complexity index is 1070. The molecule has 0 aliphatic rings. The van der Waals surface area contributed by atoms with Crippen molar-refractivity contribution < 1.29 is 32.6 Å². The highest BCUT2D eigenvalue weighted by Gasteiger charge is 2.20. The molecule has 1 aromatic heterocycles. The molecule has 12 heteroatoms. The molecule has 11 nitrogen and oxygen atoms in total. The van der Waals surface area contributed by atoms with Crippen LogP contribution in [0, 0.1) is 0 Å². The van der Waals surface area contributed by atoms with Crippen LogP contribution in [0.1, 0.15) is 53.3 Å². The van der Waals surface area contributed by atoms with E-state index in [4.69, 9.17) is 9.84 Å². The predicted octanol–water partition coefficient (Wildman–Crippen LogP) is 1.59. The molecule has 0 fully saturated rings. The molecule has 0 aliphatic heterocycles. The third-order valence-electron chi connectivity index (χ3n) is 4.55. The second-order valence-corrected chi connectivity index (χ2v) is 8.88. The lowest BCUT2D eigenvalue weighted by Gasteiger charge is -2.09. The first kappa shape index (κ1) is 26.7. The molecule has 0 spiro atoms. The molecule has 3 amide bonds. The van der Waals surface area contributed by atoms with Crippen LogP contribution in [0.2, 0.25) is 0 Å². The van der Waals surface area contributed by atoms with Gasteiger partial charge < -0.3 is 20.5 Å². The molecule has 1 aromatic carbocycles. The number of amides is 3. The first-order chi connectivity index (χ1) is 16.3. The van der Waals surface area contributed by atoms with Crippen LogP contribution in [0.25, 0.3) is 0 Å². The second-order valence-electron chi connectivity index (χ2n) is 7.20. The average Bonchev–Trinajstić information content (AvgIpc) is 2.82. The van der Waals surface area contributed by atoms with Crippen molar-refractivity contribution in [3.63, 3.8) is 0 Å². The molecule has 0 bridgehead atoms. The molecule has 34 heavy (non-hydrogen) atoms. The lowest BCUT2D eigenvalue weighted by atomic mass is 10.2. The first-order valence-electron chi connectivity index (χ1n) is 10.7. The number of nitrogens with zero attached hydrogens (tertiary/aromatic N) is 1. The Hall–Kier alpha value is -3.51. The van der Waals surface area contributed by atoms with E-state index in [0.717, 1.165) is 31.9 Å². The molecule has 4 N–H and O–H groups in total. The van der Waals surface area contributed by atoms with Crippen molar-refractivity contribution in [2.45, 2.75) is 37.5 Å². The number of sulfonamides is 1. The highest BCUT2D eigenvalue weighted by atomic mass is 32.2. The minimum atomic E-state index is -4.19. The maximum absolute atomic E-state index is 12.5. The van der Waals surface area contributed by atoms with E-state index in [1.54, 1.807) is 0 Å². The Kier molecular flexibility index (Phi) is 10.4. The van der Waals surface area contributed by atoms with Crippen LogP contribution in [0.4, 0.5) is 4.79 Å². The Morgan fingerprint density at radius 1 is 0.912 bits per heavy atom. The number of aromatic nitrogens is 1. The van der Waals surface area contributed by atoms with Crippen LogP contribution >= 0.6 is 0 Å². The van der Waals surface area contributed by atoms with E-state index in [0.29, 0.717) is 12.1 Å². The van der Waals surface area contributed by atoms with Crippen molar-refractivity contribution in [2.24, 2.45) is 0 Å². The van der Waals surface area contributed by atoms with Crippen LogP contribution in [0.3, 0.4) is 0 Å². The van der Waals surface area contributed by atoms with Gasteiger partial charge in [0.1, 0.15) is 0 Å². The van der Waals surface area contributed by atoms with Crippen molar-refractivity contribution in [3.05, 3.63) is 53.7 Å².